The molecule has 1 aromatic heterocycles. The Morgan fingerprint density at radius 1 is 1.38 bits per heavy atom. The molecule has 110 valence electrons. The Labute approximate surface area is 123 Å². The number of para-hydroxylation sites is 1. The number of hydrogen-bond acceptors (Lipinski definition) is 4. The van der Waals surface area contributed by atoms with Crippen LogP contribution in [0.15, 0.2) is 30.5 Å². The highest BCUT2D eigenvalue weighted by atomic mass is 16.5. The number of carbonyl (C=O) groups is 1. The van der Waals surface area contributed by atoms with E-state index >= 15 is 0 Å². The minimum absolute atomic E-state index is 0.240. The van der Waals surface area contributed by atoms with E-state index in [2.05, 4.69) is 23.7 Å². The Morgan fingerprint density at radius 2 is 2.14 bits per heavy atom. The summed E-state index contributed by atoms with van der Waals surface area (Å²) in [4.78, 5) is 18.0. The summed E-state index contributed by atoms with van der Waals surface area (Å²) in [5.41, 5.74) is 1.52. The van der Waals surface area contributed by atoms with E-state index in [1.165, 1.54) is 6.20 Å². The van der Waals surface area contributed by atoms with Gasteiger partial charge in [-0.15, -0.1) is 0 Å². The minimum Gasteiger partial charge on any atom is -0.478 e. The molecule has 0 aliphatic carbocycles. The summed E-state index contributed by atoms with van der Waals surface area (Å²) in [5.74, 6) is -0.953. The Kier molecular flexibility index (Phi) is 3.29. The largest absolute Gasteiger partial charge is 0.478 e. The number of aromatic carboxylic acids is 1. The van der Waals surface area contributed by atoms with Gasteiger partial charge in [0.05, 0.1) is 30.0 Å². The molecule has 0 atom stereocenters. The molecule has 21 heavy (non-hydrogen) atoms. The molecule has 1 aliphatic rings. The summed E-state index contributed by atoms with van der Waals surface area (Å²) in [5, 5.41) is 10.4. The second-order valence-corrected chi connectivity index (χ2v) is 5.86. The summed E-state index contributed by atoms with van der Waals surface area (Å²) < 4.78 is 5.54. The average Bonchev–Trinajstić information content (AvgIpc) is 2.46. The van der Waals surface area contributed by atoms with Crippen molar-refractivity contribution in [3.8, 4) is 0 Å². The Balaban J connectivity index is 2.27. The number of ether oxygens (including phenoxy) is 1. The van der Waals surface area contributed by atoms with Crippen molar-refractivity contribution in [1.82, 2.24) is 4.98 Å². The molecular weight excluding hydrogens is 268 g/mol. The molecule has 0 unspecified atom stereocenters. The standard InChI is InChI=1S/C16H18N2O3/c1-16(2)10-21-8-7-18(16)14-11-5-3-4-6-13(11)17-9-12(14)15(19)20/h3-6,9H,7-8,10H2,1-2H3,(H,19,20). The molecule has 0 radical (unpaired) electrons. The zero-order valence-electron chi connectivity index (χ0n) is 12.2. The van der Waals surface area contributed by atoms with E-state index in [1.807, 2.05) is 24.3 Å². The Hall–Kier alpha value is -2.14. The lowest BCUT2D eigenvalue weighted by Gasteiger charge is -2.44. The Morgan fingerprint density at radius 3 is 2.86 bits per heavy atom. The van der Waals surface area contributed by atoms with Gasteiger partial charge in [0.15, 0.2) is 0 Å². The summed E-state index contributed by atoms with van der Waals surface area (Å²) >= 11 is 0. The number of pyridine rings is 1. The predicted octanol–water partition coefficient (Wildman–Crippen LogP) is 2.55. The number of hydrogen-bond donors (Lipinski definition) is 1. The van der Waals surface area contributed by atoms with E-state index in [-0.39, 0.29) is 11.1 Å². The predicted molar refractivity (Wildman–Crippen MR) is 80.9 cm³/mol. The van der Waals surface area contributed by atoms with Crippen LogP contribution in [0.1, 0.15) is 24.2 Å². The van der Waals surface area contributed by atoms with Crippen molar-refractivity contribution in [2.24, 2.45) is 0 Å². The number of fused-ring (bicyclic) bond motifs is 1. The SMILES string of the molecule is CC1(C)COCCN1c1c(C(=O)O)cnc2ccccc12. The number of rotatable bonds is 2. The molecule has 3 rings (SSSR count). The smallest absolute Gasteiger partial charge is 0.339 e. The van der Waals surface area contributed by atoms with Crippen LogP contribution in [-0.4, -0.2) is 41.4 Å². The number of nitrogens with zero attached hydrogens (tertiary/aromatic N) is 2. The van der Waals surface area contributed by atoms with Crippen LogP contribution in [0, 0.1) is 0 Å². The van der Waals surface area contributed by atoms with Gasteiger partial charge in [-0.05, 0) is 19.9 Å². The lowest BCUT2D eigenvalue weighted by atomic mass is 9.98. The number of aromatic nitrogens is 1. The first-order valence-corrected chi connectivity index (χ1v) is 6.97. The number of morpholine rings is 1. The van der Waals surface area contributed by atoms with Crippen LogP contribution in [0.3, 0.4) is 0 Å². The fourth-order valence-corrected chi connectivity index (χ4v) is 2.85. The van der Waals surface area contributed by atoms with Gasteiger partial charge in [0.2, 0.25) is 0 Å². The molecule has 2 heterocycles. The quantitative estimate of drug-likeness (QED) is 0.919. The molecule has 0 amide bonds. The molecule has 1 saturated heterocycles. The van der Waals surface area contributed by atoms with Gasteiger partial charge in [-0.2, -0.15) is 0 Å². The molecule has 1 fully saturated rings. The van der Waals surface area contributed by atoms with Crippen molar-refractivity contribution in [3.63, 3.8) is 0 Å². The van der Waals surface area contributed by atoms with E-state index in [0.29, 0.717) is 19.8 Å². The highest BCUT2D eigenvalue weighted by molar-refractivity contribution is 6.04. The monoisotopic (exact) mass is 286 g/mol. The highest BCUT2D eigenvalue weighted by Gasteiger charge is 2.34. The zero-order chi connectivity index (χ0) is 15.0. The van der Waals surface area contributed by atoms with Crippen LogP contribution in [0.2, 0.25) is 0 Å². The Bertz CT molecular complexity index is 697. The van der Waals surface area contributed by atoms with Gasteiger partial charge in [0, 0.05) is 18.1 Å². The van der Waals surface area contributed by atoms with Gasteiger partial charge in [0.1, 0.15) is 5.56 Å². The molecule has 5 nitrogen and oxygen atoms in total. The molecular formula is C16H18N2O3. The minimum atomic E-state index is -0.953. The number of carboxylic acid groups (broad SMARTS) is 1. The molecule has 1 aliphatic heterocycles. The van der Waals surface area contributed by atoms with Crippen LogP contribution in [0.4, 0.5) is 5.69 Å². The maximum atomic E-state index is 11.6. The first kappa shape index (κ1) is 13.8. The molecule has 1 N–H and O–H groups in total. The number of anilines is 1. The molecule has 0 bridgehead atoms. The van der Waals surface area contributed by atoms with Crippen LogP contribution in [-0.2, 0) is 4.74 Å². The molecule has 0 spiro atoms. The van der Waals surface area contributed by atoms with E-state index in [0.717, 1.165) is 16.6 Å². The number of benzene rings is 1. The van der Waals surface area contributed by atoms with E-state index in [4.69, 9.17) is 4.74 Å². The van der Waals surface area contributed by atoms with Crippen LogP contribution in [0.5, 0.6) is 0 Å². The van der Waals surface area contributed by atoms with Crippen molar-refractivity contribution >= 4 is 22.6 Å². The fourth-order valence-electron chi connectivity index (χ4n) is 2.85. The second-order valence-electron chi connectivity index (χ2n) is 5.86. The summed E-state index contributed by atoms with van der Waals surface area (Å²) in [7, 11) is 0. The third-order valence-electron chi connectivity index (χ3n) is 3.89. The average molecular weight is 286 g/mol. The first-order chi connectivity index (χ1) is 10.0. The van der Waals surface area contributed by atoms with Crippen molar-refractivity contribution in [3.05, 3.63) is 36.0 Å². The van der Waals surface area contributed by atoms with Gasteiger partial charge in [0.25, 0.3) is 0 Å². The lowest BCUT2D eigenvalue weighted by Crippen LogP contribution is -2.53. The third kappa shape index (κ3) is 2.34. The maximum Gasteiger partial charge on any atom is 0.339 e. The third-order valence-corrected chi connectivity index (χ3v) is 3.89. The zero-order valence-corrected chi connectivity index (χ0v) is 12.2. The van der Waals surface area contributed by atoms with E-state index < -0.39 is 5.97 Å². The normalized spacial score (nSPS) is 17.9. The maximum absolute atomic E-state index is 11.6. The van der Waals surface area contributed by atoms with Crippen molar-refractivity contribution in [1.29, 1.82) is 0 Å². The van der Waals surface area contributed by atoms with Crippen LogP contribution in [0.25, 0.3) is 10.9 Å². The molecule has 5 heteroatoms. The molecule has 1 aromatic carbocycles. The van der Waals surface area contributed by atoms with Crippen LogP contribution < -0.4 is 4.90 Å². The lowest BCUT2D eigenvalue weighted by molar-refractivity contribution is 0.0631. The van der Waals surface area contributed by atoms with Gasteiger partial charge in [-0.1, -0.05) is 18.2 Å². The molecule has 0 saturated carbocycles. The fraction of sp³-hybridized carbons (Fsp3) is 0.375. The van der Waals surface area contributed by atoms with Gasteiger partial charge >= 0.3 is 5.97 Å². The summed E-state index contributed by atoms with van der Waals surface area (Å²) in [6.45, 7) is 5.96. The van der Waals surface area contributed by atoms with Crippen molar-refractivity contribution in [2.45, 2.75) is 19.4 Å². The highest BCUT2D eigenvalue weighted by Crippen LogP contribution is 2.35. The molecule has 2 aromatic rings. The van der Waals surface area contributed by atoms with Gasteiger partial charge in [-0.25, -0.2) is 4.79 Å². The van der Waals surface area contributed by atoms with Crippen molar-refractivity contribution < 1.29 is 14.6 Å². The van der Waals surface area contributed by atoms with Crippen LogP contribution >= 0.6 is 0 Å². The summed E-state index contributed by atoms with van der Waals surface area (Å²) in [6.07, 6.45) is 1.45. The van der Waals surface area contributed by atoms with Crippen molar-refractivity contribution in [2.75, 3.05) is 24.7 Å². The van der Waals surface area contributed by atoms with Gasteiger partial charge in [-0.3, -0.25) is 4.98 Å². The van der Waals surface area contributed by atoms with E-state index in [1.54, 1.807) is 0 Å². The van der Waals surface area contributed by atoms with Gasteiger partial charge < -0.3 is 14.7 Å². The first-order valence-electron chi connectivity index (χ1n) is 6.97. The summed E-state index contributed by atoms with van der Waals surface area (Å²) in [6, 6.07) is 7.64. The second kappa shape index (κ2) is 5.00. The number of carboxylic acids is 1. The topological polar surface area (TPSA) is 62.7 Å². The van der Waals surface area contributed by atoms with E-state index in [9.17, 15) is 9.90 Å².